The number of nitrogens with zero attached hydrogens (tertiary/aromatic N) is 1. The summed E-state index contributed by atoms with van der Waals surface area (Å²) in [7, 11) is 1.83. The van der Waals surface area contributed by atoms with Gasteiger partial charge in [-0.2, -0.15) is 17.4 Å². The largest absolute Gasteiger partial charge is 0.661 e. The van der Waals surface area contributed by atoms with Gasteiger partial charge in [-0.15, -0.1) is 16.9 Å². The van der Waals surface area contributed by atoms with Crippen LogP contribution in [0.4, 0.5) is 5.69 Å². The summed E-state index contributed by atoms with van der Waals surface area (Å²) in [5.74, 6) is 0.340. The second-order valence-corrected chi connectivity index (χ2v) is 15.5. The van der Waals surface area contributed by atoms with Gasteiger partial charge in [-0.05, 0) is 42.8 Å². The molecule has 4 fully saturated rings. The van der Waals surface area contributed by atoms with E-state index >= 15 is 0 Å². The quantitative estimate of drug-likeness (QED) is 0.125. The van der Waals surface area contributed by atoms with Gasteiger partial charge in [0, 0.05) is 56.8 Å². The Hall–Kier alpha value is 0.508. The van der Waals surface area contributed by atoms with Crippen molar-refractivity contribution < 1.29 is 85.6 Å². The number of ether oxygens (including phenoxy) is 3. The van der Waals surface area contributed by atoms with Gasteiger partial charge in [-0.1, -0.05) is 33.8 Å². The number of rotatable bonds is 10. The number of aliphatic hydroxyl groups excluding tert-OH is 3. The number of carbonyl (C=O) groups is 1. The number of hydrogen-bond acceptors (Lipinski definition) is 8. The van der Waals surface area contributed by atoms with Crippen molar-refractivity contribution in [3.8, 4) is 5.75 Å². The average molecular weight is 728 g/mol. The molecular weight excluding hydrogens is 688 g/mol. The maximum Gasteiger partial charge on any atom is 0.270 e. The molecule has 3 unspecified atom stereocenters. The van der Waals surface area contributed by atoms with Crippen LogP contribution in [0.15, 0.2) is 23.8 Å². The normalized spacial score (nSPS) is 29.9. The molecular formula is C27H40B2N2O7P2VY-2. The molecule has 1 saturated carbocycles. The van der Waals surface area contributed by atoms with Gasteiger partial charge in [0.25, 0.3) is 13.1 Å². The van der Waals surface area contributed by atoms with Crippen LogP contribution in [0.1, 0.15) is 40.2 Å². The van der Waals surface area contributed by atoms with E-state index in [1.54, 1.807) is 13.0 Å². The van der Waals surface area contributed by atoms with Gasteiger partial charge in [-0.3, -0.25) is 4.79 Å². The molecule has 4 aliphatic rings. The Bertz CT molecular complexity index is 1140. The van der Waals surface area contributed by atoms with Gasteiger partial charge in [0.15, 0.2) is 0 Å². The topological polar surface area (TPSA) is 121 Å². The van der Waals surface area contributed by atoms with Crippen LogP contribution in [0.2, 0.25) is 0 Å². The summed E-state index contributed by atoms with van der Waals surface area (Å²) < 4.78 is 19.5. The van der Waals surface area contributed by atoms with Crippen LogP contribution in [0.25, 0.3) is 6.08 Å². The van der Waals surface area contributed by atoms with Crippen molar-refractivity contribution in [3.63, 3.8) is 0 Å². The smallest absolute Gasteiger partial charge is 0.270 e. The Morgan fingerprint density at radius 3 is 2.24 bits per heavy atom. The van der Waals surface area contributed by atoms with Crippen molar-refractivity contribution >= 4 is 47.7 Å². The maximum absolute atomic E-state index is 13.1. The van der Waals surface area contributed by atoms with E-state index in [0.717, 1.165) is 33.9 Å². The van der Waals surface area contributed by atoms with E-state index in [4.69, 9.17) is 14.2 Å². The van der Waals surface area contributed by atoms with Gasteiger partial charge in [0.2, 0.25) is 5.91 Å². The van der Waals surface area contributed by atoms with Gasteiger partial charge >= 0.3 is 0 Å². The summed E-state index contributed by atoms with van der Waals surface area (Å²) in [4.78, 5) is 13.1. The zero-order chi connectivity index (χ0) is 29.0. The Kier molecular flexibility index (Phi) is 12.8. The zero-order valence-corrected chi connectivity index (χ0v) is 31.0. The molecule has 15 heteroatoms. The molecule has 5 rings (SSSR count). The molecule has 1 aliphatic carbocycles. The van der Waals surface area contributed by atoms with Gasteiger partial charge < -0.3 is 46.5 Å². The van der Waals surface area contributed by atoms with Crippen molar-refractivity contribution in [1.82, 2.24) is 5.32 Å². The third-order valence-electron chi connectivity index (χ3n) is 8.57. The van der Waals surface area contributed by atoms with Crippen LogP contribution in [0.5, 0.6) is 5.75 Å². The van der Waals surface area contributed by atoms with E-state index in [0.29, 0.717) is 18.7 Å². The van der Waals surface area contributed by atoms with E-state index in [2.05, 4.69) is 50.7 Å². The first-order valence-corrected chi connectivity index (χ1v) is 16.4. The molecule has 3 aliphatic heterocycles. The van der Waals surface area contributed by atoms with Crippen LogP contribution in [0, 0.1) is 24.4 Å². The summed E-state index contributed by atoms with van der Waals surface area (Å²) in [6, 6.07) is 7.25. The van der Waals surface area contributed by atoms with Crippen molar-refractivity contribution in [3.05, 3.63) is 42.9 Å². The van der Waals surface area contributed by atoms with Crippen LogP contribution in [-0.2, 0) is 65.5 Å². The second-order valence-electron chi connectivity index (χ2n) is 12.5. The van der Waals surface area contributed by atoms with Crippen LogP contribution < -0.4 is 14.8 Å². The summed E-state index contributed by atoms with van der Waals surface area (Å²) in [5, 5.41) is 34.4. The fourth-order valence-corrected chi connectivity index (χ4v) is 6.67. The Morgan fingerprint density at radius 2 is 1.69 bits per heavy atom. The standard InChI is InChI=1S/C27H40B2N2O7P2.V.Y/c1-15(25(35)30-19-20(32)22(34)24-23(21(19)33)37-14-38-24)9-16-7-8-18(36-11-27(5,6)26(2,3)4)17(10-16)31(28-12-39-28)29-13-40-29;;/h7-11,19-24,32-34,39-40H,2,12-14H2,1,3-6H3,(H,30,35);;/q-2;;/b15-9+;;/t19?,20-,21+,22+,23-,24+;;/m0../s1. The molecule has 4 N–H and O–H groups in total. The van der Waals surface area contributed by atoms with Crippen LogP contribution >= 0.6 is 16.9 Å². The molecule has 0 spiro atoms. The molecule has 2 radical (unpaired) electrons. The SMILES string of the molecule is [CH2-]C(C)(C)C(C)(C)[CH-]Oc1ccc(/C=C(\C)C(=O)NC2[C@@H](O)[C@@H]3OCO[C@@H]3[C@H](O)[C@H]2O)cc1N(B1CP1)B1CP1.[V].[Y]. The number of nitrogens with one attached hydrogen (secondary N) is 1. The minimum Gasteiger partial charge on any atom is -0.661 e. The number of fused-ring (bicyclic) bond motifs is 1. The minimum absolute atomic E-state index is 0. The van der Waals surface area contributed by atoms with Crippen molar-refractivity contribution in [2.75, 3.05) is 23.6 Å². The molecule has 42 heavy (non-hydrogen) atoms. The average Bonchev–Trinajstić information content (AvgIpc) is 3.84. The first kappa shape index (κ1) is 37.0. The van der Waals surface area contributed by atoms with E-state index < -0.39 is 42.5 Å². The van der Waals surface area contributed by atoms with E-state index in [9.17, 15) is 20.1 Å². The van der Waals surface area contributed by atoms with Gasteiger partial charge in [0.05, 0.1) is 11.7 Å². The number of carbonyl (C=O) groups excluding carboxylic acids is 1. The van der Waals surface area contributed by atoms with E-state index in [1.165, 1.54) is 12.1 Å². The first-order valence-electron chi connectivity index (χ1n) is 13.8. The number of benzene rings is 1. The maximum atomic E-state index is 13.1. The van der Waals surface area contributed by atoms with E-state index in [-0.39, 0.29) is 68.9 Å². The predicted octanol–water partition coefficient (Wildman–Crippen LogP) is 2.08. The number of amides is 1. The van der Waals surface area contributed by atoms with Crippen molar-refractivity contribution in [2.45, 2.75) is 71.2 Å². The first-order chi connectivity index (χ1) is 18.8. The fourth-order valence-electron chi connectivity index (χ4n) is 4.88. The number of aliphatic hydroxyl groups is 3. The molecule has 226 valence electrons. The number of anilines is 1. The zero-order valence-electron chi connectivity index (χ0n) is 24.8. The van der Waals surface area contributed by atoms with Crippen molar-refractivity contribution in [2.24, 2.45) is 10.8 Å². The van der Waals surface area contributed by atoms with E-state index in [1.807, 2.05) is 18.7 Å². The predicted molar refractivity (Wildman–Crippen MR) is 163 cm³/mol. The van der Waals surface area contributed by atoms with Gasteiger partial charge in [0.1, 0.15) is 43.1 Å². The summed E-state index contributed by atoms with van der Waals surface area (Å²) in [6.07, 6.45) is -3.77. The van der Waals surface area contributed by atoms with Gasteiger partial charge in [-0.25, -0.2) is 0 Å². The molecule has 1 aromatic rings. The summed E-state index contributed by atoms with van der Waals surface area (Å²) >= 11 is 0. The Morgan fingerprint density at radius 1 is 1.12 bits per heavy atom. The summed E-state index contributed by atoms with van der Waals surface area (Å²) in [5.41, 5.74) is 1.80. The van der Waals surface area contributed by atoms with Crippen LogP contribution in [-0.4, -0.2) is 89.8 Å². The molecule has 1 amide bonds. The molecule has 3 saturated heterocycles. The fraction of sp³-hybridized carbons (Fsp3) is 0.593. The third kappa shape index (κ3) is 8.07. The monoisotopic (exact) mass is 728 g/mol. The molecule has 8 atom stereocenters. The molecule has 0 aromatic heterocycles. The van der Waals surface area contributed by atoms with Crippen molar-refractivity contribution in [1.29, 1.82) is 0 Å². The number of hydrogen-bond donors (Lipinski definition) is 4. The Balaban J connectivity index is 0.00000242. The molecule has 9 nitrogen and oxygen atoms in total. The molecule has 3 heterocycles. The summed E-state index contributed by atoms with van der Waals surface area (Å²) in [6.45, 7) is 17.3. The molecule has 1 aromatic carbocycles. The second kappa shape index (κ2) is 14.5. The van der Waals surface area contributed by atoms with Crippen LogP contribution in [0.3, 0.4) is 0 Å². The third-order valence-corrected chi connectivity index (χ3v) is 10.7. The molecule has 0 bridgehead atoms. The minimum atomic E-state index is -1.39. The Labute approximate surface area is 290 Å².